The monoisotopic (exact) mass is 202 g/mol. The van der Waals surface area contributed by atoms with Crippen LogP contribution in [0.5, 0.6) is 0 Å². The lowest BCUT2D eigenvalue weighted by atomic mass is 9.92. The number of unbranched alkanes of at least 4 members (excludes halogenated alkanes) is 4. The first-order valence-corrected chi connectivity index (χ1v) is 5.68. The summed E-state index contributed by atoms with van der Waals surface area (Å²) in [5, 5.41) is 0. The van der Waals surface area contributed by atoms with Crippen molar-refractivity contribution in [1.29, 1.82) is 0 Å². The van der Waals surface area contributed by atoms with Crippen LogP contribution in [-0.4, -0.2) is 0 Å². The highest BCUT2D eigenvalue weighted by molar-refractivity contribution is 4.57. The largest absolute Gasteiger partial charge is 0.0776 e. The Hall–Kier alpha value is 0. The van der Waals surface area contributed by atoms with Gasteiger partial charge in [-0.2, -0.15) is 0 Å². The van der Waals surface area contributed by atoms with Crippen LogP contribution in [0.4, 0.5) is 0 Å². The van der Waals surface area contributed by atoms with E-state index in [1.807, 2.05) is 0 Å². The van der Waals surface area contributed by atoms with Gasteiger partial charge in [0.25, 0.3) is 0 Å². The van der Waals surface area contributed by atoms with Crippen LogP contribution >= 0.6 is 0 Å². The fraction of sp³-hybridized carbons (Fsp3) is 1.00. The van der Waals surface area contributed by atoms with Gasteiger partial charge < -0.3 is 0 Å². The molecule has 0 saturated heterocycles. The average Bonchev–Trinajstić information content (AvgIpc) is 2.03. The molecule has 0 N–H and O–H groups in total. The Balaban J connectivity index is -0.000000605. The Morgan fingerprint density at radius 1 is 0.786 bits per heavy atom. The molecular formula is C14H34. The van der Waals surface area contributed by atoms with E-state index in [1.54, 1.807) is 0 Å². The van der Waals surface area contributed by atoms with E-state index in [0.29, 0.717) is 0 Å². The highest BCUT2D eigenvalue weighted by atomic mass is 14.1. The summed E-state index contributed by atoms with van der Waals surface area (Å²) in [5.74, 6) is 1.79. The first kappa shape index (κ1) is 19.6. The Kier molecular flexibility index (Phi) is 18.2. The summed E-state index contributed by atoms with van der Waals surface area (Å²) in [6.45, 7) is 9.31. The molecule has 0 aliphatic heterocycles. The smallest absolute Gasteiger partial charge is 0.0420 e. The minimum Gasteiger partial charge on any atom is -0.0776 e. The highest BCUT2D eigenvalue weighted by Crippen LogP contribution is 2.18. The molecule has 0 aromatic rings. The first-order valence-electron chi connectivity index (χ1n) is 5.68. The third-order valence-electron chi connectivity index (χ3n) is 2.90. The van der Waals surface area contributed by atoms with Crippen molar-refractivity contribution in [2.24, 2.45) is 11.8 Å². The maximum absolute atomic E-state index is 2.38. The molecule has 0 saturated carbocycles. The Labute approximate surface area is 93.5 Å². The minimum atomic E-state index is 0. The third kappa shape index (κ3) is 12.0. The van der Waals surface area contributed by atoms with Gasteiger partial charge in [-0.1, -0.05) is 81.1 Å². The Morgan fingerprint density at radius 3 is 1.71 bits per heavy atom. The second-order valence-corrected chi connectivity index (χ2v) is 4.42. The van der Waals surface area contributed by atoms with Crippen molar-refractivity contribution in [2.75, 3.05) is 0 Å². The molecule has 0 nitrogen and oxygen atoms in total. The summed E-state index contributed by atoms with van der Waals surface area (Å²) in [5.41, 5.74) is 0. The molecule has 0 spiro atoms. The van der Waals surface area contributed by atoms with E-state index >= 15 is 0 Å². The van der Waals surface area contributed by atoms with E-state index in [-0.39, 0.29) is 14.9 Å². The van der Waals surface area contributed by atoms with Gasteiger partial charge in [0.05, 0.1) is 0 Å². The molecule has 0 heteroatoms. The number of hydrogen-bond acceptors (Lipinski definition) is 0. The van der Waals surface area contributed by atoms with Crippen LogP contribution in [-0.2, 0) is 0 Å². The lowest BCUT2D eigenvalue weighted by Gasteiger charge is -2.14. The highest BCUT2D eigenvalue weighted by Gasteiger charge is 2.05. The van der Waals surface area contributed by atoms with Crippen molar-refractivity contribution in [3.8, 4) is 0 Å². The van der Waals surface area contributed by atoms with Crippen LogP contribution in [0, 0.1) is 11.8 Å². The molecule has 1 unspecified atom stereocenters. The SMILES string of the molecule is C.C.CCCCCCCC(C)C(C)C. The molecular weight excluding hydrogens is 168 g/mol. The third-order valence-corrected chi connectivity index (χ3v) is 2.90. The van der Waals surface area contributed by atoms with Crippen molar-refractivity contribution < 1.29 is 0 Å². The van der Waals surface area contributed by atoms with E-state index in [4.69, 9.17) is 0 Å². The predicted molar refractivity (Wildman–Crippen MR) is 70.8 cm³/mol. The molecule has 90 valence electrons. The topological polar surface area (TPSA) is 0 Å². The molecule has 0 fully saturated rings. The second kappa shape index (κ2) is 13.0. The van der Waals surface area contributed by atoms with E-state index in [0.717, 1.165) is 11.8 Å². The van der Waals surface area contributed by atoms with Crippen molar-refractivity contribution in [2.45, 2.75) is 81.1 Å². The molecule has 0 aliphatic rings. The van der Waals surface area contributed by atoms with Gasteiger partial charge in [0.2, 0.25) is 0 Å². The molecule has 0 rings (SSSR count). The van der Waals surface area contributed by atoms with Gasteiger partial charge in [0.15, 0.2) is 0 Å². The van der Waals surface area contributed by atoms with Crippen molar-refractivity contribution in [3.05, 3.63) is 0 Å². The summed E-state index contributed by atoms with van der Waals surface area (Å²) in [4.78, 5) is 0. The maximum Gasteiger partial charge on any atom is -0.0420 e. The summed E-state index contributed by atoms with van der Waals surface area (Å²) < 4.78 is 0. The van der Waals surface area contributed by atoms with Crippen molar-refractivity contribution in [1.82, 2.24) is 0 Å². The van der Waals surface area contributed by atoms with Crippen LogP contribution in [0.15, 0.2) is 0 Å². The number of hydrogen-bond donors (Lipinski definition) is 0. The van der Waals surface area contributed by atoms with Crippen LogP contribution < -0.4 is 0 Å². The average molecular weight is 202 g/mol. The molecule has 0 radical (unpaired) electrons. The molecule has 0 amide bonds. The van der Waals surface area contributed by atoms with E-state index < -0.39 is 0 Å². The van der Waals surface area contributed by atoms with Crippen molar-refractivity contribution >= 4 is 0 Å². The normalized spacial score (nSPS) is 11.8. The lowest BCUT2D eigenvalue weighted by molar-refractivity contribution is 0.375. The van der Waals surface area contributed by atoms with E-state index in [2.05, 4.69) is 27.7 Å². The van der Waals surface area contributed by atoms with Gasteiger partial charge in [0, 0.05) is 0 Å². The molecule has 1 atom stereocenters. The van der Waals surface area contributed by atoms with Crippen LogP contribution in [0.3, 0.4) is 0 Å². The molecule has 0 bridgehead atoms. The van der Waals surface area contributed by atoms with E-state index in [9.17, 15) is 0 Å². The van der Waals surface area contributed by atoms with Crippen LogP contribution in [0.25, 0.3) is 0 Å². The van der Waals surface area contributed by atoms with Gasteiger partial charge in [-0.15, -0.1) is 0 Å². The van der Waals surface area contributed by atoms with Crippen molar-refractivity contribution in [3.63, 3.8) is 0 Å². The fourth-order valence-corrected chi connectivity index (χ4v) is 1.40. The summed E-state index contributed by atoms with van der Waals surface area (Å²) in [7, 11) is 0. The zero-order valence-corrected chi connectivity index (χ0v) is 9.40. The van der Waals surface area contributed by atoms with Crippen LogP contribution in [0.2, 0.25) is 0 Å². The zero-order chi connectivity index (χ0) is 9.40. The number of rotatable bonds is 7. The van der Waals surface area contributed by atoms with Gasteiger partial charge >= 0.3 is 0 Å². The molecule has 0 heterocycles. The van der Waals surface area contributed by atoms with Gasteiger partial charge in [-0.25, -0.2) is 0 Å². The Bertz CT molecular complexity index is 84.0. The quantitative estimate of drug-likeness (QED) is 0.450. The molecule has 14 heavy (non-hydrogen) atoms. The van der Waals surface area contributed by atoms with E-state index in [1.165, 1.54) is 38.5 Å². The van der Waals surface area contributed by atoms with Gasteiger partial charge in [0.1, 0.15) is 0 Å². The Morgan fingerprint density at radius 2 is 1.29 bits per heavy atom. The fourth-order valence-electron chi connectivity index (χ4n) is 1.40. The van der Waals surface area contributed by atoms with Gasteiger partial charge in [-0.3, -0.25) is 0 Å². The first-order chi connectivity index (χ1) is 5.68. The standard InChI is InChI=1S/C12H26.2CH4/c1-5-6-7-8-9-10-12(4)11(2)3;;/h11-12H,5-10H2,1-4H3;2*1H4. The molecule has 0 aliphatic carbocycles. The second-order valence-electron chi connectivity index (χ2n) is 4.42. The summed E-state index contributed by atoms with van der Waals surface area (Å²) >= 11 is 0. The minimum absolute atomic E-state index is 0. The predicted octanol–water partition coefficient (Wildman–Crippen LogP) is 5.91. The summed E-state index contributed by atoms with van der Waals surface area (Å²) in [6, 6.07) is 0. The zero-order valence-electron chi connectivity index (χ0n) is 9.40. The van der Waals surface area contributed by atoms with Gasteiger partial charge in [-0.05, 0) is 11.8 Å². The lowest BCUT2D eigenvalue weighted by Crippen LogP contribution is -2.03. The van der Waals surface area contributed by atoms with Crippen LogP contribution in [0.1, 0.15) is 81.1 Å². The maximum atomic E-state index is 2.38. The molecule has 0 aromatic carbocycles. The summed E-state index contributed by atoms with van der Waals surface area (Å²) in [6.07, 6.45) is 8.56. The molecule has 0 aromatic heterocycles.